The van der Waals surface area contributed by atoms with Gasteiger partial charge in [-0.15, -0.1) is 0 Å². The van der Waals surface area contributed by atoms with Crippen molar-refractivity contribution in [3.63, 3.8) is 0 Å². The van der Waals surface area contributed by atoms with Crippen molar-refractivity contribution in [3.05, 3.63) is 54.1 Å². The number of nitrogens with zero attached hydrogens (tertiary/aromatic N) is 1. The van der Waals surface area contributed by atoms with E-state index in [2.05, 4.69) is 4.98 Å². The quantitative estimate of drug-likeness (QED) is 0.860. The summed E-state index contributed by atoms with van der Waals surface area (Å²) in [6.45, 7) is 0.139. The van der Waals surface area contributed by atoms with E-state index in [-0.39, 0.29) is 12.3 Å². The summed E-state index contributed by atoms with van der Waals surface area (Å²) in [5, 5.41) is 0. The molecule has 0 unspecified atom stereocenters. The van der Waals surface area contributed by atoms with E-state index in [0.29, 0.717) is 11.4 Å². The maximum atomic E-state index is 13.5. The van der Waals surface area contributed by atoms with Crippen LogP contribution in [0.25, 0.3) is 0 Å². The zero-order valence-electron chi connectivity index (χ0n) is 8.56. The molecule has 0 fully saturated rings. The van der Waals surface area contributed by atoms with E-state index in [0.717, 1.165) is 0 Å². The van der Waals surface area contributed by atoms with Crippen molar-refractivity contribution in [2.75, 3.05) is 0 Å². The van der Waals surface area contributed by atoms with Crippen LogP contribution < -0.4 is 10.5 Å². The first-order chi connectivity index (χ1) is 7.81. The Hall–Kier alpha value is -1.94. The molecule has 0 radical (unpaired) electrons. The van der Waals surface area contributed by atoms with Crippen LogP contribution in [-0.2, 0) is 6.54 Å². The fraction of sp³-hybridized carbons (Fsp3) is 0.0833. The second-order valence-corrected chi connectivity index (χ2v) is 3.19. The van der Waals surface area contributed by atoms with E-state index in [1.54, 1.807) is 12.1 Å². The Balaban J connectivity index is 2.34. The minimum Gasteiger partial charge on any atom is -0.452 e. The molecule has 0 atom stereocenters. The molecule has 0 spiro atoms. The van der Waals surface area contributed by atoms with E-state index < -0.39 is 5.82 Å². The van der Waals surface area contributed by atoms with Gasteiger partial charge in [0.15, 0.2) is 11.6 Å². The number of ether oxygens (including phenoxy) is 1. The van der Waals surface area contributed by atoms with Crippen LogP contribution in [0.5, 0.6) is 11.5 Å². The van der Waals surface area contributed by atoms with E-state index >= 15 is 0 Å². The van der Waals surface area contributed by atoms with E-state index in [1.807, 2.05) is 18.2 Å². The van der Waals surface area contributed by atoms with Crippen molar-refractivity contribution >= 4 is 0 Å². The Kier molecular flexibility index (Phi) is 3.12. The SMILES string of the molecule is NCc1nccc(F)c1Oc1ccccc1. The van der Waals surface area contributed by atoms with Crippen LogP contribution in [-0.4, -0.2) is 4.98 Å². The highest BCUT2D eigenvalue weighted by molar-refractivity contribution is 5.34. The largest absolute Gasteiger partial charge is 0.452 e. The second-order valence-electron chi connectivity index (χ2n) is 3.19. The molecule has 2 N–H and O–H groups in total. The zero-order chi connectivity index (χ0) is 11.4. The van der Waals surface area contributed by atoms with E-state index in [4.69, 9.17) is 10.5 Å². The van der Waals surface area contributed by atoms with Gasteiger partial charge in [-0.1, -0.05) is 18.2 Å². The molecule has 0 aliphatic heterocycles. The number of rotatable bonds is 3. The summed E-state index contributed by atoms with van der Waals surface area (Å²) < 4.78 is 18.9. The molecule has 0 aliphatic carbocycles. The number of benzene rings is 1. The summed E-state index contributed by atoms with van der Waals surface area (Å²) in [4.78, 5) is 3.96. The Morgan fingerprint density at radius 2 is 1.94 bits per heavy atom. The molecule has 2 rings (SSSR count). The zero-order valence-corrected chi connectivity index (χ0v) is 8.56. The molecule has 0 bridgehead atoms. The Labute approximate surface area is 92.7 Å². The molecule has 3 nitrogen and oxygen atoms in total. The van der Waals surface area contributed by atoms with E-state index in [1.165, 1.54) is 12.3 Å². The first-order valence-corrected chi connectivity index (χ1v) is 4.87. The monoisotopic (exact) mass is 218 g/mol. The number of para-hydroxylation sites is 1. The summed E-state index contributed by atoms with van der Waals surface area (Å²) in [5.41, 5.74) is 5.87. The molecule has 1 aromatic carbocycles. The summed E-state index contributed by atoms with van der Waals surface area (Å²) in [5.74, 6) is 0.194. The van der Waals surface area contributed by atoms with Gasteiger partial charge in [-0.3, -0.25) is 4.98 Å². The van der Waals surface area contributed by atoms with Crippen molar-refractivity contribution < 1.29 is 9.13 Å². The Morgan fingerprint density at radius 1 is 1.19 bits per heavy atom. The lowest BCUT2D eigenvalue weighted by atomic mass is 10.3. The van der Waals surface area contributed by atoms with Gasteiger partial charge in [-0.25, -0.2) is 4.39 Å². The number of halogens is 1. The average Bonchev–Trinajstić information content (AvgIpc) is 2.33. The van der Waals surface area contributed by atoms with E-state index in [9.17, 15) is 4.39 Å². The Bertz CT molecular complexity index is 474. The number of hydrogen-bond donors (Lipinski definition) is 1. The van der Waals surface area contributed by atoms with Crippen molar-refractivity contribution in [1.29, 1.82) is 0 Å². The second kappa shape index (κ2) is 4.72. The molecule has 0 saturated heterocycles. The Morgan fingerprint density at radius 3 is 2.62 bits per heavy atom. The average molecular weight is 218 g/mol. The summed E-state index contributed by atoms with van der Waals surface area (Å²) in [6.07, 6.45) is 1.37. The number of aromatic nitrogens is 1. The fourth-order valence-corrected chi connectivity index (χ4v) is 1.32. The maximum Gasteiger partial charge on any atom is 0.185 e. The van der Waals surface area contributed by atoms with Gasteiger partial charge in [0.2, 0.25) is 0 Å². The lowest BCUT2D eigenvalue weighted by Gasteiger charge is -2.09. The van der Waals surface area contributed by atoms with Gasteiger partial charge in [-0.2, -0.15) is 0 Å². The molecule has 82 valence electrons. The molecular formula is C12H11FN2O. The molecule has 0 aliphatic rings. The van der Waals surface area contributed by atoms with Crippen LogP contribution in [0.2, 0.25) is 0 Å². The van der Waals surface area contributed by atoms with Crippen molar-refractivity contribution in [1.82, 2.24) is 4.98 Å². The fourth-order valence-electron chi connectivity index (χ4n) is 1.32. The van der Waals surface area contributed by atoms with Crippen LogP contribution in [0, 0.1) is 5.82 Å². The molecule has 1 aromatic heterocycles. The molecule has 16 heavy (non-hydrogen) atoms. The van der Waals surface area contributed by atoms with Crippen LogP contribution in [0.15, 0.2) is 42.6 Å². The van der Waals surface area contributed by atoms with Crippen LogP contribution in [0.4, 0.5) is 4.39 Å². The third-order valence-electron chi connectivity index (χ3n) is 2.09. The predicted octanol–water partition coefficient (Wildman–Crippen LogP) is 2.47. The standard InChI is InChI=1S/C12H11FN2O/c13-10-6-7-15-11(8-14)12(10)16-9-4-2-1-3-5-9/h1-7H,8,14H2. The summed E-state index contributed by atoms with van der Waals surface area (Å²) in [7, 11) is 0. The first-order valence-electron chi connectivity index (χ1n) is 4.87. The molecule has 0 amide bonds. The van der Waals surface area contributed by atoms with Crippen molar-refractivity contribution in [2.24, 2.45) is 5.73 Å². The van der Waals surface area contributed by atoms with Crippen LogP contribution >= 0.6 is 0 Å². The van der Waals surface area contributed by atoms with Gasteiger partial charge in [0, 0.05) is 12.7 Å². The number of nitrogens with two attached hydrogens (primary N) is 1. The minimum absolute atomic E-state index is 0.0937. The maximum absolute atomic E-state index is 13.5. The summed E-state index contributed by atoms with van der Waals surface area (Å²) >= 11 is 0. The third kappa shape index (κ3) is 2.17. The van der Waals surface area contributed by atoms with Gasteiger partial charge < -0.3 is 10.5 Å². The third-order valence-corrected chi connectivity index (χ3v) is 2.09. The lowest BCUT2D eigenvalue weighted by molar-refractivity contribution is 0.432. The van der Waals surface area contributed by atoms with Gasteiger partial charge in [-0.05, 0) is 18.2 Å². The smallest absolute Gasteiger partial charge is 0.185 e. The highest BCUT2D eigenvalue weighted by atomic mass is 19.1. The normalized spacial score (nSPS) is 10.1. The lowest BCUT2D eigenvalue weighted by Crippen LogP contribution is -2.03. The highest BCUT2D eigenvalue weighted by Gasteiger charge is 2.10. The molecule has 1 heterocycles. The molecule has 4 heteroatoms. The topological polar surface area (TPSA) is 48.1 Å². The number of hydrogen-bond acceptors (Lipinski definition) is 3. The van der Waals surface area contributed by atoms with Crippen LogP contribution in [0.3, 0.4) is 0 Å². The molecular weight excluding hydrogens is 207 g/mol. The molecule has 0 saturated carbocycles. The first kappa shape index (κ1) is 10.6. The number of pyridine rings is 1. The summed E-state index contributed by atoms with van der Waals surface area (Å²) in [6, 6.07) is 10.2. The molecule has 2 aromatic rings. The van der Waals surface area contributed by atoms with Gasteiger partial charge in [0.25, 0.3) is 0 Å². The van der Waals surface area contributed by atoms with Crippen LogP contribution in [0.1, 0.15) is 5.69 Å². The predicted molar refractivity (Wildman–Crippen MR) is 58.6 cm³/mol. The van der Waals surface area contributed by atoms with Gasteiger partial charge >= 0.3 is 0 Å². The highest BCUT2D eigenvalue weighted by Crippen LogP contribution is 2.26. The minimum atomic E-state index is -0.459. The van der Waals surface area contributed by atoms with Crippen molar-refractivity contribution in [3.8, 4) is 11.5 Å². The van der Waals surface area contributed by atoms with Crippen molar-refractivity contribution in [2.45, 2.75) is 6.54 Å². The van der Waals surface area contributed by atoms with Gasteiger partial charge in [0.05, 0.1) is 5.69 Å². The van der Waals surface area contributed by atoms with Gasteiger partial charge in [0.1, 0.15) is 5.75 Å².